The minimum atomic E-state index is -4.52. The summed E-state index contributed by atoms with van der Waals surface area (Å²) in [5.41, 5.74) is 0. The van der Waals surface area contributed by atoms with E-state index in [0.717, 1.165) is 0 Å². The third-order valence-electron chi connectivity index (χ3n) is 2.39. The zero-order valence-electron chi connectivity index (χ0n) is 11.1. The van der Waals surface area contributed by atoms with Crippen molar-refractivity contribution in [3.05, 3.63) is 0 Å². The molecule has 0 saturated carbocycles. The Kier molecular flexibility index (Phi) is 6.59. The highest BCUT2D eigenvalue weighted by Crippen LogP contribution is 2.20. The second-order valence-corrected chi connectivity index (χ2v) is 6.81. The van der Waals surface area contributed by atoms with Gasteiger partial charge in [-0.15, -0.1) is 0 Å². The van der Waals surface area contributed by atoms with E-state index in [1.807, 2.05) is 13.8 Å². The monoisotopic (exact) mass is 290 g/mol. The van der Waals surface area contributed by atoms with E-state index in [1.165, 1.54) is 13.8 Å². The van der Waals surface area contributed by atoms with Gasteiger partial charge in [0.15, 0.2) is 0 Å². The molecule has 0 fully saturated rings. The molecular formula is C10H21F3N2O2S. The maximum absolute atomic E-state index is 12.3. The van der Waals surface area contributed by atoms with Crippen molar-refractivity contribution in [3.63, 3.8) is 0 Å². The number of hydrogen-bond acceptors (Lipinski definition) is 3. The smallest absolute Gasteiger partial charge is 0.313 e. The minimum absolute atomic E-state index is 0.0837. The lowest BCUT2D eigenvalue weighted by molar-refractivity contribution is -0.135. The maximum Gasteiger partial charge on any atom is 0.402 e. The molecule has 110 valence electrons. The summed E-state index contributed by atoms with van der Waals surface area (Å²) in [5, 5.41) is 2.02. The van der Waals surface area contributed by atoms with Gasteiger partial charge in [-0.05, 0) is 6.92 Å². The summed E-state index contributed by atoms with van der Waals surface area (Å²) in [6, 6.07) is 0.0837. The van der Waals surface area contributed by atoms with Gasteiger partial charge < -0.3 is 5.32 Å². The number of nitrogens with zero attached hydrogens (tertiary/aromatic N) is 1. The Bertz CT molecular complexity index is 342. The second kappa shape index (κ2) is 6.72. The topological polar surface area (TPSA) is 49.4 Å². The van der Waals surface area contributed by atoms with E-state index < -0.39 is 28.0 Å². The Hall–Kier alpha value is -0.340. The number of sulfonamides is 1. The molecule has 0 heterocycles. The second-order valence-electron chi connectivity index (χ2n) is 4.46. The van der Waals surface area contributed by atoms with Gasteiger partial charge in [0.05, 0.1) is 5.25 Å². The number of rotatable bonds is 7. The molecule has 0 bridgehead atoms. The molecule has 0 rings (SSSR count). The third kappa shape index (κ3) is 6.01. The maximum atomic E-state index is 12.3. The molecule has 0 spiro atoms. The first-order valence-corrected chi connectivity index (χ1v) is 7.30. The number of alkyl halides is 3. The van der Waals surface area contributed by atoms with Crippen molar-refractivity contribution in [1.82, 2.24) is 9.62 Å². The van der Waals surface area contributed by atoms with Gasteiger partial charge in [-0.1, -0.05) is 20.8 Å². The molecular weight excluding hydrogens is 269 g/mol. The van der Waals surface area contributed by atoms with Gasteiger partial charge >= 0.3 is 6.18 Å². The highest BCUT2D eigenvalue weighted by molar-refractivity contribution is 7.89. The van der Waals surface area contributed by atoms with Crippen molar-refractivity contribution in [2.24, 2.45) is 0 Å². The van der Waals surface area contributed by atoms with Crippen molar-refractivity contribution in [2.45, 2.75) is 45.2 Å². The number of nitrogens with one attached hydrogen (secondary N) is 1. The summed E-state index contributed by atoms with van der Waals surface area (Å²) in [7, 11) is -3.93. The van der Waals surface area contributed by atoms with Crippen LogP contribution in [0.15, 0.2) is 0 Å². The molecule has 18 heavy (non-hydrogen) atoms. The van der Waals surface area contributed by atoms with Gasteiger partial charge in [0.1, 0.15) is 6.54 Å². The molecule has 8 heteroatoms. The van der Waals surface area contributed by atoms with Crippen molar-refractivity contribution >= 4 is 10.0 Å². The summed E-state index contributed by atoms with van der Waals surface area (Å²) in [6.45, 7) is 5.00. The van der Waals surface area contributed by atoms with E-state index in [9.17, 15) is 21.6 Å². The van der Waals surface area contributed by atoms with E-state index >= 15 is 0 Å². The number of halogens is 3. The molecule has 0 aromatic carbocycles. The van der Waals surface area contributed by atoms with Crippen LogP contribution in [0, 0.1) is 0 Å². The van der Waals surface area contributed by atoms with Gasteiger partial charge in [-0.25, -0.2) is 8.42 Å². The lowest BCUT2D eigenvalue weighted by Gasteiger charge is -2.26. The van der Waals surface area contributed by atoms with Gasteiger partial charge in [0.2, 0.25) is 10.0 Å². The zero-order chi connectivity index (χ0) is 14.6. The van der Waals surface area contributed by atoms with E-state index in [-0.39, 0.29) is 19.1 Å². The first-order valence-electron chi connectivity index (χ1n) is 5.79. The molecule has 0 aliphatic carbocycles. The van der Waals surface area contributed by atoms with Crippen LogP contribution in [0.5, 0.6) is 0 Å². The van der Waals surface area contributed by atoms with Crippen LogP contribution in [0.3, 0.4) is 0 Å². The van der Waals surface area contributed by atoms with Crippen LogP contribution in [-0.4, -0.2) is 49.8 Å². The average Bonchev–Trinajstić information content (AvgIpc) is 2.20. The van der Waals surface area contributed by atoms with Crippen LogP contribution in [-0.2, 0) is 10.0 Å². The van der Waals surface area contributed by atoms with Crippen molar-refractivity contribution < 1.29 is 21.6 Å². The molecule has 0 aromatic heterocycles. The SMILES string of the molecule is CCN(CC(F)(F)F)S(=O)(=O)C(C)CNC(C)C. The third-order valence-corrected chi connectivity index (χ3v) is 4.68. The summed E-state index contributed by atoms with van der Waals surface area (Å²) in [4.78, 5) is 0. The van der Waals surface area contributed by atoms with Crippen molar-refractivity contribution in [3.8, 4) is 0 Å². The predicted molar refractivity (Wildman–Crippen MR) is 64.8 cm³/mol. The average molecular weight is 290 g/mol. The first kappa shape index (κ1) is 17.7. The fraction of sp³-hybridized carbons (Fsp3) is 1.00. The Morgan fingerprint density at radius 1 is 1.22 bits per heavy atom. The van der Waals surface area contributed by atoms with E-state index in [0.29, 0.717) is 4.31 Å². The fourth-order valence-electron chi connectivity index (χ4n) is 1.34. The molecule has 4 nitrogen and oxygen atoms in total. The summed E-state index contributed by atoms with van der Waals surface area (Å²) in [6.07, 6.45) is -4.52. The minimum Gasteiger partial charge on any atom is -0.313 e. The van der Waals surface area contributed by atoms with Crippen LogP contribution in [0.1, 0.15) is 27.7 Å². The van der Waals surface area contributed by atoms with Crippen LogP contribution < -0.4 is 5.32 Å². The van der Waals surface area contributed by atoms with E-state index in [4.69, 9.17) is 0 Å². The lowest BCUT2D eigenvalue weighted by atomic mass is 10.3. The largest absolute Gasteiger partial charge is 0.402 e. The van der Waals surface area contributed by atoms with E-state index in [1.54, 1.807) is 0 Å². The Balaban J connectivity index is 4.76. The summed E-state index contributed by atoms with van der Waals surface area (Å²) < 4.78 is 61.2. The van der Waals surface area contributed by atoms with Gasteiger partial charge in [0.25, 0.3) is 0 Å². The zero-order valence-corrected chi connectivity index (χ0v) is 11.9. The Morgan fingerprint density at radius 2 is 1.72 bits per heavy atom. The quantitative estimate of drug-likeness (QED) is 0.774. The van der Waals surface area contributed by atoms with Crippen molar-refractivity contribution in [1.29, 1.82) is 0 Å². The van der Waals surface area contributed by atoms with Crippen LogP contribution in [0.25, 0.3) is 0 Å². The Morgan fingerprint density at radius 3 is 2.06 bits per heavy atom. The molecule has 1 unspecified atom stereocenters. The summed E-state index contributed by atoms with van der Waals surface area (Å²) in [5.74, 6) is 0. The molecule has 0 aliphatic heterocycles. The summed E-state index contributed by atoms with van der Waals surface area (Å²) >= 11 is 0. The normalized spacial score (nSPS) is 15.4. The van der Waals surface area contributed by atoms with E-state index in [2.05, 4.69) is 5.32 Å². The number of hydrogen-bond donors (Lipinski definition) is 1. The lowest BCUT2D eigenvalue weighted by Crippen LogP contribution is -2.46. The standard InChI is InChI=1S/C10H21F3N2O2S/c1-5-15(7-10(11,12)13)18(16,17)9(4)6-14-8(2)3/h8-9,14H,5-7H2,1-4H3. The Labute approximate surface area is 107 Å². The highest BCUT2D eigenvalue weighted by Gasteiger charge is 2.37. The predicted octanol–water partition coefficient (Wildman–Crippen LogP) is 1.59. The molecule has 0 radical (unpaired) electrons. The van der Waals surface area contributed by atoms with Crippen LogP contribution >= 0.6 is 0 Å². The van der Waals surface area contributed by atoms with Gasteiger partial charge in [0, 0.05) is 19.1 Å². The van der Waals surface area contributed by atoms with Gasteiger partial charge in [-0.2, -0.15) is 17.5 Å². The molecule has 0 aliphatic rings. The molecule has 1 atom stereocenters. The highest BCUT2D eigenvalue weighted by atomic mass is 32.2. The van der Waals surface area contributed by atoms with Crippen molar-refractivity contribution in [2.75, 3.05) is 19.6 Å². The molecule has 0 saturated heterocycles. The molecule has 1 N–H and O–H groups in total. The molecule has 0 aromatic rings. The van der Waals surface area contributed by atoms with Gasteiger partial charge in [-0.3, -0.25) is 0 Å². The first-order chi connectivity index (χ1) is 8.00. The fourth-order valence-corrected chi connectivity index (χ4v) is 2.85. The van der Waals surface area contributed by atoms with Crippen LogP contribution in [0.4, 0.5) is 13.2 Å². The molecule has 0 amide bonds. The van der Waals surface area contributed by atoms with Crippen LogP contribution in [0.2, 0.25) is 0 Å².